The first-order chi connectivity index (χ1) is 12.4. The van der Waals surface area contributed by atoms with Gasteiger partial charge >= 0.3 is 0 Å². The van der Waals surface area contributed by atoms with E-state index in [0.717, 1.165) is 5.56 Å². The second-order valence-electron chi connectivity index (χ2n) is 5.27. The fraction of sp³-hybridized carbons (Fsp3) is 0.222. The molecule has 2 N–H and O–H groups in total. The van der Waals surface area contributed by atoms with Crippen LogP contribution in [0.3, 0.4) is 0 Å². The standard InChI is InChI=1S/C18H19ClN2O5/c1-11-8-13(5-7-15(11)19)26-10-17(22)20-21-18(23)14-6-4-12(24-2)9-16(14)25-3/h4-9H,10H2,1-3H3,(H,20,22)(H,21,23). The molecule has 2 amide bonds. The number of hydrogen-bond acceptors (Lipinski definition) is 5. The van der Waals surface area contributed by atoms with E-state index in [-0.39, 0.29) is 12.2 Å². The van der Waals surface area contributed by atoms with Gasteiger partial charge in [0.1, 0.15) is 17.2 Å². The molecule has 0 spiro atoms. The molecule has 26 heavy (non-hydrogen) atoms. The van der Waals surface area contributed by atoms with E-state index in [9.17, 15) is 9.59 Å². The summed E-state index contributed by atoms with van der Waals surface area (Å²) in [5.74, 6) is 0.335. The van der Waals surface area contributed by atoms with Gasteiger partial charge < -0.3 is 14.2 Å². The first-order valence-electron chi connectivity index (χ1n) is 7.64. The minimum Gasteiger partial charge on any atom is -0.497 e. The summed E-state index contributed by atoms with van der Waals surface area (Å²) in [7, 11) is 2.95. The van der Waals surface area contributed by atoms with Crippen LogP contribution in [-0.2, 0) is 4.79 Å². The van der Waals surface area contributed by atoms with Crippen molar-refractivity contribution in [3.8, 4) is 17.2 Å². The van der Waals surface area contributed by atoms with Gasteiger partial charge in [-0.25, -0.2) is 0 Å². The number of carbonyl (C=O) groups excluding carboxylic acids is 2. The maximum Gasteiger partial charge on any atom is 0.276 e. The molecule has 0 bridgehead atoms. The van der Waals surface area contributed by atoms with Crippen molar-refractivity contribution in [1.29, 1.82) is 0 Å². The summed E-state index contributed by atoms with van der Waals surface area (Å²) in [6.45, 7) is 1.57. The van der Waals surface area contributed by atoms with Crippen LogP contribution in [0.2, 0.25) is 5.02 Å². The zero-order valence-electron chi connectivity index (χ0n) is 14.6. The van der Waals surface area contributed by atoms with Crippen molar-refractivity contribution >= 4 is 23.4 Å². The topological polar surface area (TPSA) is 85.9 Å². The van der Waals surface area contributed by atoms with Crippen molar-refractivity contribution in [2.24, 2.45) is 0 Å². The number of ether oxygens (including phenoxy) is 3. The molecule has 0 aliphatic carbocycles. The number of benzene rings is 2. The molecule has 0 saturated carbocycles. The van der Waals surface area contributed by atoms with Crippen LogP contribution >= 0.6 is 11.6 Å². The number of rotatable bonds is 6. The van der Waals surface area contributed by atoms with Crippen LogP contribution in [0, 0.1) is 6.92 Å². The Morgan fingerprint density at radius 1 is 1.00 bits per heavy atom. The SMILES string of the molecule is COc1ccc(C(=O)NNC(=O)COc2ccc(Cl)c(C)c2)c(OC)c1. The van der Waals surface area contributed by atoms with E-state index < -0.39 is 11.8 Å². The minimum atomic E-state index is -0.528. The molecule has 0 aromatic heterocycles. The van der Waals surface area contributed by atoms with Crippen molar-refractivity contribution < 1.29 is 23.8 Å². The van der Waals surface area contributed by atoms with Gasteiger partial charge in [0, 0.05) is 11.1 Å². The molecule has 0 heterocycles. The maximum atomic E-state index is 12.2. The van der Waals surface area contributed by atoms with E-state index in [2.05, 4.69) is 10.9 Å². The van der Waals surface area contributed by atoms with E-state index in [4.69, 9.17) is 25.8 Å². The second kappa shape index (κ2) is 8.96. The smallest absolute Gasteiger partial charge is 0.276 e. The molecule has 2 aromatic carbocycles. The van der Waals surface area contributed by atoms with Crippen molar-refractivity contribution in [1.82, 2.24) is 10.9 Å². The molecule has 2 aromatic rings. The number of nitrogens with one attached hydrogen (secondary N) is 2. The predicted octanol–water partition coefficient (Wildman–Crippen LogP) is 2.51. The molecule has 0 unspecified atom stereocenters. The van der Waals surface area contributed by atoms with E-state index in [1.54, 1.807) is 30.3 Å². The average Bonchev–Trinajstić information content (AvgIpc) is 2.66. The predicted molar refractivity (Wildman–Crippen MR) is 96.8 cm³/mol. The van der Waals surface area contributed by atoms with Crippen LogP contribution in [0.5, 0.6) is 17.2 Å². The fourth-order valence-corrected chi connectivity index (χ4v) is 2.19. The molecule has 8 heteroatoms. The van der Waals surface area contributed by atoms with Gasteiger partial charge in [-0.2, -0.15) is 0 Å². The molecule has 138 valence electrons. The van der Waals surface area contributed by atoms with Gasteiger partial charge in [0.15, 0.2) is 6.61 Å². The number of hydrazine groups is 1. The Morgan fingerprint density at radius 3 is 2.38 bits per heavy atom. The Hall–Kier alpha value is -2.93. The van der Waals surface area contributed by atoms with Gasteiger partial charge in [-0.05, 0) is 42.8 Å². The Morgan fingerprint density at radius 2 is 1.73 bits per heavy atom. The number of aryl methyl sites for hydroxylation is 1. The summed E-state index contributed by atoms with van der Waals surface area (Å²) >= 11 is 5.93. The molecule has 0 saturated heterocycles. The molecule has 0 aliphatic heterocycles. The van der Waals surface area contributed by atoms with Gasteiger partial charge in [0.05, 0.1) is 19.8 Å². The summed E-state index contributed by atoms with van der Waals surface area (Å²) in [5.41, 5.74) is 5.68. The zero-order valence-corrected chi connectivity index (χ0v) is 15.3. The first kappa shape index (κ1) is 19.4. The molecule has 0 aliphatic rings. The molecular formula is C18H19ClN2O5. The lowest BCUT2D eigenvalue weighted by Crippen LogP contribution is -2.43. The molecule has 0 radical (unpaired) electrons. The van der Waals surface area contributed by atoms with Gasteiger partial charge in [0.2, 0.25) is 0 Å². The van der Waals surface area contributed by atoms with E-state index in [0.29, 0.717) is 22.3 Å². The third-order valence-corrected chi connectivity index (χ3v) is 3.89. The summed E-state index contributed by atoms with van der Waals surface area (Å²) in [5, 5.41) is 0.613. The molecular weight excluding hydrogens is 360 g/mol. The molecule has 0 fully saturated rings. The first-order valence-corrected chi connectivity index (χ1v) is 8.02. The number of carbonyl (C=O) groups is 2. The molecule has 0 atom stereocenters. The fourth-order valence-electron chi connectivity index (χ4n) is 2.07. The zero-order chi connectivity index (χ0) is 19.1. The van der Waals surface area contributed by atoms with Crippen LogP contribution in [0.15, 0.2) is 36.4 Å². The summed E-state index contributed by atoms with van der Waals surface area (Å²) < 4.78 is 15.6. The van der Waals surface area contributed by atoms with E-state index in [1.165, 1.54) is 20.3 Å². The van der Waals surface area contributed by atoms with E-state index in [1.807, 2.05) is 6.92 Å². The third kappa shape index (κ3) is 5.03. The highest BCUT2D eigenvalue weighted by molar-refractivity contribution is 6.31. The number of amides is 2. The highest BCUT2D eigenvalue weighted by atomic mass is 35.5. The molecule has 2 rings (SSSR count). The second-order valence-corrected chi connectivity index (χ2v) is 5.68. The van der Waals surface area contributed by atoms with Gasteiger partial charge in [0.25, 0.3) is 11.8 Å². The van der Waals surface area contributed by atoms with Crippen LogP contribution in [0.25, 0.3) is 0 Å². The van der Waals surface area contributed by atoms with Crippen molar-refractivity contribution in [2.75, 3.05) is 20.8 Å². The lowest BCUT2D eigenvalue weighted by Gasteiger charge is -2.12. The number of methoxy groups -OCH3 is 2. The highest BCUT2D eigenvalue weighted by Crippen LogP contribution is 2.24. The lowest BCUT2D eigenvalue weighted by atomic mass is 10.2. The Labute approximate surface area is 156 Å². The van der Waals surface area contributed by atoms with Gasteiger partial charge in [-0.3, -0.25) is 20.4 Å². The highest BCUT2D eigenvalue weighted by Gasteiger charge is 2.14. The van der Waals surface area contributed by atoms with Crippen LogP contribution in [0.1, 0.15) is 15.9 Å². The average molecular weight is 379 g/mol. The van der Waals surface area contributed by atoms with Gasteiger partial charge in [-0.15, -0.1) is 0 Å². The minimum absolute atomic E-state index is 0.253. The summed E-state index contributed by atoms with van der Waals surface area (Å²) in [6, 6.07) is 9.78. The Bertz CT molecular complexity index is 810. The summed E-state index contributed by atoms with van der Waals surface area (Å²) in [6.07, 6.45) is 0. The summed E-state index contributed by atoms with van der Waals surface area (Å²) in [4.78, 5) is 24.0. The third-order valence-electron chi connectivity index (χ3n) is 3.47. The van der Waals surface area contributed by atoms with Crippen LogP contribution in [0.4, 0.5) is 0 Å². The largest absolute Gasteiger partial charge is 0.497 e. The maximum absolute atomic E-state index is 12.2. The van der Waals surface area contributed by atoms with Crippen molar-refractivity contribution in [3.63, 3.8) is 0 Å². The Kier molecular flexibility index (Phi) is 6.68. The van der Waals surface area contributed by atoms with Crippen LogP contribution in [-0.4, -0.2) is 32.6 Å². The number of halogens is 1. The quantitative estimate of drug-likeness (QED) is 0.754. The lowest BCUT2D eigenvalue weighted by molar-refractivity contribution is -0.123. The van der Waals surface area contributed by atoms with Crippen molar-refractivity contribution in [3.05, 3.63) is 52.5 Å². The van der Waals surface area contributed by atoms with Crippen LogP contribution < -0.4 is 25.1 Å². The molecule has 7 nitrogen and oxygen atoms in total. The monoisotopic (exact) mass is 378 g/mol. The Balaban J connectivity index is 1.88. The van der Waals surface area contributed by atoms with Crippen molar-refractivity contribution in [2.45, 2.75) is 6.92 Å². The van der Waals surface area contributed by atoms with Gasteiger partial charge in [-0.1, -0.05) is 11.6 Å². The normalized spacial score (nSPS) is 10.0. The van der Waals surface area contributed by atoms with E-state index >= 15 is 0 Å². The number of hydrogen-bond donors (Lipinski definition) is 2.